The van der Waals surface area contributed by atoms with E-state index in [-0.39, 0.29) is 5.41 Å². The van der Waals surface area contributed by atoms with Crippen LogP contribution in [-0.4, -0.2) is 15.0 Å². The number of aromatic nitrogens is 3. The maximum atomic E-state index is 5.19. The molecule has 0 atom stereocenters. The summed E-state index contributed by atoms with van der Waals surface area (Å²) in [6, 6.07) is 79.4. The highest BCUT2D eigenvalue weighted by molar-refractivity contribution is 7.25. The molecule has 8 aromatic carbocycles. The summed E-state index contributed by atoms with van der Waals surface area (Å²) in [5.41, 5.74) is 18.4. The van der Waals surface area contributed by atoms with Crippen LogP contribution >= 0.6 is 22.7 Å². The Morgan fingerprint density at radius 2 is 0.826 bits per heavy atom. The lowest BCUT2D eigenvalue weighted by Gasteiger charge is -2.45. The molecule has 3 aliphatic rings. The fourth-order valence-corrected chi connectivity index (χ4v) is 14.0. The number of anilines is 3. The molecule has 1 spiro atoms. The predicted molar refractivity (Wildman–Crippen MR) is 286 cm³/mol. The number of fused-ring (bicyclic) bond motifs is 12. The highest BCUT2D eigenvalue weighted by atomic mass is 32.1. The number of para-hydroxylation sites is 1. The van der Waals surface area contributed by atoms with Crippen molar-refractivity contribution in [2.24, 2.45) is 0 Å². The first-order chi connectivity index (χ1) is 33.9. The van der Waals surface area contributed by atoms with Crippen LogP contribution in [0.15, 0.2) is 218 Å². The van der Waals surface area contributed by atoms with Crippen molar-refractivity contribution < 1.29 is 0 Å². The van der Waals surface area contributed by atoms with E-state index in [1.165, 1.54) is 80.8 Å². The fraction of sp³-hybridized carbons (Fsp3) is 0.0635. The van der Waals surface area contributed by atoms with Gasteiger partial charge in [-0.15, -0.1) is 22.7 Å². The van der Waals surface area contributed by atoms with Crippen molar-refractivity contribution in [3.8, 4) is 75.9 Å². The van der Waals surface area contributed by atoms with Gasteiger partial charge in [0.15, 0.2) is 17.5 Å². The van der Waals surface area contributed by atoms with E-state index < -0.39 is 5.41 Å². The van der Waals surface area contributed by atoms with Crippen molar-refractivity contribution in [3.63, 3.8) is 0 Å². The molecule has 0 unspecified atom stereocenters. The molecule has 0 fully saturated rings. The molecule has 0 radical (unpaired) electrons. The molecule has 2 aliphatic carbocycles. The van der Waals surface area contributed by atoms with Gasteiger partial charge in [-0.05, 0) is 92.0 Å². The maximum absolute atomic E-state index is 5.19. The molecule has 4 heterocycles. The van der Waals surface area contributed by atoms with Crippen molar-refractivity contribution in [1.82, 2.24) is 15.0 Å². The van der Waals surface area contributed by atoms with E-state index in [9.17, 15) is 0 Å². The molecule has 69 heavy (non-hydrogen) atoms. The third kappa shape index (κ3) is 5.95. The first-order valence-corrected chi connectivity index (χ1v) is 25.1. The SMILES string of the molecule is CC1(C)c2ccccc2-c2cc3c(cc21)C1(c2ccccc2N3c2cccc(-c3nc(-c4ccccc4)nc(-c4ccccc4)n3)c2)c2cc(-c3ccccc3)sc2-c2sc(-c3ccccc3)cc21. The van der Waals surface area contributed by atoms with Crippen molar-refractivity contribution in [3.05, 3.63) is 252 Å². The Morgan fingerprint density at radius 3 is 1.41 bits per heavy atom. The monoisotopic (exact) mass is 918 g/mol. The number of hydrogen-bond donors (Lipinski definition) is 0. The summed E-state index contributed by atoms with van der Waals surface area (Å²) in [6.45, 7) is 4.80. The molecule has 0 saturated carbocycles. The second-order valence-electron chi connectivity index (χ2n) is 18.7. The molecule has 14 rings (SSSR count). The minimum atomic E-state index is -0.610. The van der Waals surface area contributed by atoms with Crippen molar-refractivity contribution >= 4 is 39.7 Å². The van der Waals surface area contributed by atoms with Gasteiger partial charge in [-0.3, -0.25) is 0 Å². The minimum absolute atomic E-state index is 0.215. The van der Waals surface area contributed by atoms with Gasteiger partial charge in [0.25, 0.3) is 0 Å². The average Bonchev–Trinajstić information content (AvgIpc) is 4.16. The second kappa shape index (κ2) is 15.2. The third-order valence-electron chi connectivity index (χ3n) is 14.6. The topological polar surface area (TPSA) is 41.9 Å². The largest absolute Gasteiger partial charge is 0.310 e. The number of rotatable bonds is 6. The standard InChI is InChI=1S/C63H42N4S2/c1-62(2)47-31-16-15-30-45(47)46-35-54-50(36-49(46)62)63(51-37-55(39-20-7-3-8-21-39)68-57(51)58-52(63)38-56(69-58)40-22-9-4-10-23-40)48-32-17-18-33-53(48)67(54)44-29-19-28-43(34-44)61-65-59(41-24-11-5-12-25-41)64-60(66-61)42-26-13-6-14-27-42/h3-38H,1-2H3. The number of nitrogens with zero attached hydrogens (tertiary/aromatic N) is 4. The predicted octanol–water partition coefficient (Wildman–Crippen LogP) is 16.8. The fourth-order valence-electron chi connectivity index (χ4n) is 11.4. The van der Waals surface area contributed by atoms with Gasteiger partial charge in [-0.25, -0.2) is 15.0 Å². The van der Waals surface area contributed by atoms with Crippen LogP contribution in [0, 0.1) is 0 Å². The zero-order valence-corrected chi connectivity index (χ0v) is 39.5. The van der Waals surface area contributed by atoms with Crippen LogP contribution < -0.4 is 4.90 Å². The normalized spacial score (nSPS) is 14.1. The zero-order chi connectivity index (χ0) is 45.8. The van der Waals surface area contributed by atoms with Crippen LogP contribution in [0.3, 0.4) is 0 Å². The van der Waals surface area contributed by atoms with Gasteiger partial charge in [0.1, 0.15) is 0 Å². The first kappa shape index (κ1) is 40.1. The second-order valence-corrected chi connectivity index (χ2v) is 20.8. The summed E-state index contributed by atoms with van der Waals surface area (Å²) in [5, 5.41) is 0. The summed E-state index contributed by atoms with van der Waals surface area (Å²) in [5.74, 6) is 1.91. The molecule has 0 bridgehead atoms. The quantitative estimate of drug-likeness (QED) is 0.167. The summed E-state index contributed by atoms with van der Waals surface area (Å²) >= 11 is 3.86. The van der Waals surface area contributed by atoms with Crippen LogP contribution in [0.1, 0.15) is 47.2 Å². The Morgan fingerprint density at radius 1 is 0.348 bits per heavy atom. The molecule has 0 saturated heterocycles. The van der Waals surface area contributed by atoms with Gasteiger partial charge in [-0.2, -0.15) is 0 Å². The molecule has 1 aliphatic heterocycles. The molecular formula is C63H42N4S2. The molecule has 0 N–H and O–H groups in total. The Labute approximate surface area is 409 Å². The molecule has 326 valence electrons. The van der Waals surface area contributed by atoms with E-state index in [1.54, 1.807) is 0 Å². The van der Waals surface area contributed by atoms with E-state index >= 15 is 0 Å². The molecular weight excluding hydrogens is 877 g/mol. The van der Waals surface area contributed by atoms with E-state index in [2.05, 4.69) is 201 Å². The Hall–Kier alpha value is -8.03. The Bertz CT molecular complexity index is 3680. The summed E-state index contributed by atoms with van der Waals surface area (Å²) < 4.78 is 0. The highest BCUT2D eigenvalue weighted by Gasteiger charge is 2.55. The lowest BCUT2D eigenvalue weighted by Crippen LogP contribution is -2.36. The van der Waals surface area contributed by atoms with Gasteiger partial charge < -0.3 is 4.90 Å². The number of thiophene rings is 2. The summed E-state index contributed by atoms with van der Waals surface area (Å²) in [7, 11) is 0. The van der Waals surface area contributed by atoms with Gasteiger partial charge in [-0.1, -0.05) is 196 Å². The van der Waals surface area contributed by atoms with Crippen molar-refractivity contribution in [2.45, 2.75) is 24.7 Å². The molecule has 4 nitrogen and oxygen atoms in total. The van der Waals surface area contributed by atoms with Crippen LogP contribution in [0.5, 0.6) is 0 Å². The van der Waals surface area contributed by atoms with Gasteiger partial charge >= 0.3 is 0 Å². The third-order valence-corrected chi connectivity index (χ3v) is 17.1. The molecule has 3 aromatic heterocycles. The minimum Gasteiger partial charge on any atom is -0.310 e. The lowest BCUT2D eigenvalue weighted by atomic mass is 9.64. The zero-order valence-electron chi connectivity index (χ0n) is 37.9. The lowest BCUT2D eigenvalue weighted by molar-refractivity contribution is 0.655. The average molecular weight is 919 g/mol. The maximum Gasteiger partial charge on any atom is 0.164 e. The van der Waals surface area contributed by atoms with E-state index in [0.29, 0.717) is 17.5 Å². The molecule has 11 aromatic rings. The van der Waals surface area contributed by atoms with Gasteiger partial charge in [0.05, 0.1) is 26.5 Å². The highest BCUT2D eigenvalue weighted by Crippen LogP contribution is 2.69. The summed E-state index contributed by atoms with van der Waals surface area (Å²) in [4.78, 5) is 23.2. The van der Waals surface area contributed by atoms with Crippen LogP contribution in [-0.2, 0) is 10.8 Å². The van der Waals surface area contributed by atoms with Gasteiger partial charge in [0, 0.05) is 37.5 Å². The van der Waals surface area contributed by atoms with E-state index in [0.717, 1.165) is 28.1 Å². The van der Waals surface area contributed by atoms with Crippen molar-refractivity contribution in [2.75, 3.05) is 4.90 Å². The summed E-state index contributed by atoms with van der Waals surface area (Å²) in [6.07, 6.45) is 0. The first-order valence-electron chi connectivity index (χ1n) is 23.5. The molecule has 6 heteroatoms. The Kier molecular flexibility index (Phi) is 8.85. The number of hydrogen-bond acceptors (Lipinski definition) is 6. The smallest absolute Gasteiger partial charge is 0.164 e. The van der Waals surface area contributed by atoms with Crippen LogP contribution in [0.25, 0.3) is 75.9 Å². The Balaban J connectivity index is 1.05. The van der Waals surface area contributed by atoms with Gasteiger partial charge in [0.2, 0.25) is 0 Å². The van der Waals surface area contributed by atoms with E-state index in [4.69, 9.17) is 15.0 Å². The molecule has 0 amide bonds. The van der Waals surface area contributed by atoms with Crippen molar-refractivity contribution in [1.29, 1.82) is 0 Å². The van der Waals surface area contributed by atoms with E-state index in [1.807, 2.05) is 59.1 Å². The van der Waals surface area contributed by atoms with Crippen LogP contribution in [0.4, 0.5) is 17.1 Å². The number of benzene rings is 8. The van der Waals surface area contributed by atoms with Crippen LogP contribution in [0.2, 0.25) is 0 Å².